The van der Waals surface area contributed by atoms with E-state index in [0.717, 1.165) is 30.3 Å². The Morgan fingerprint density at radius 3 is 2.47 bits per heavy atom. The van der Waals surface area contributed by atoms with E-state index in [1.807, 2.05) is 7.05 Å². The van der Waals surface area contributed by atoms with Crippen LogP contribution in [0.5, 0.6) is 0 Å². The summed E-state index contributed by atoms with van der Waals surface area (Å²) in [5.74, 6) is -0.0962. The summed E-state index contributed by atoms with van der Waals surface area (Å²) in [6.07, 6.45) is 3.24. The number of nitrogens with zero attached hydrogens (tertiary/aromatic N) is 4. The molecule has 1 aliphatic rings. The van der Waals surface area contributed by atoms with E-state index in [4.69, 9.17) is 0 Å². The van der Waals surface area contributed by atoms with Gasteiger partial charge in [-0.3, -0.25) is 0 Å². The number of nitrogens with one attached hydrogen (secondary N) is 2. The number of fused-ring (bicyclic) bond motifs is 1. The summed E-state index contributed by atoms with van der Waals surface area (Å²) in [7, 11) is -1.42. The van der Waals surface area contributed by atoms with Crippen LogP contribution in [-0.4, -0.2) is 48.1 Å². The van der Waals surface area contributed by atoms with Crippen molar-refractivity contribution in [2.45, 2.75) is 17.9 Å². The van der Waals surface area contributed by atoms with Gasteiger partial charge in [-0.05, 0) is 48.9 Å². The van der Waals surface area contributed by atoms with Crippen molar-refractivity contribution < 1.29 is 12.8 Å². The van der Waals surface area contributed by atoms with Crippen LogP contribution in [0.4, 0.5) is 27.7 Å². The number of benzene rings is 2. The molecule has 1 aromatic heterocycles. The molecule has 10 heteroatoms. The van der Waals surface area contributed by atoms with E-state index in [2.05, 4.69) is 30.5 Å². The molecule has 0 atom stereocenters. The first kappa shape index (κ1) is 20.2. The van der Waals surface area contributed by atoms with Crippen LogP contribution >= 0.6 is 0 Å². The maximum atomic E-state index is 14.6. The number of sulfone groups is 1. The lowest BCUT2D eigenvalue weighted by molar-refractivity contribution is 0.312. The summed E-state index contributed by atoms with van der Waals surface area (Å²) in [4.78, 5) is 14.6. The molecule has 0 aliphatic carbocycles. The fraction of sp³-hybridized carbons (Fsp3) is 0.250. The number of hydrogen-bond acceptors (Lipinski definition) is 8. The Labute approximate surface area is 174 Å². The Bertz CT molecular complexity index is 1200. The van der Waals surface area contributed by atoms with Gasteiger partial charge in [0.15, 0.2) is 9.84 Å². The molecule has 30 heavy (non-hydrogen) atoms. The number of hydrogen-bond donors (Lipinski definition) is 2. The van der Waals surface area contributed by atoms with Crippen LogP contribution in [0.25, 0.3) is 0 Å². The van der Waals surface area contributed by atoms with Crippen molar-refractivity contribution in [2.75, 3.05) is 30.5 Å². The minimum Gasteiger partial charge on any atom is -0.323 e. The Kier molecular flexibility index (Phi) is 5.35. The highest BCUT2D eigenvalue weighted by Crippen LogP contribution is 2.27. The van der Waals surface area contributed by atoms with Gasteiger partial charge in [0.05, 0.1) is 16.3 Å². The zero-order valence-corrected chi connectivity index (χ0v) is 17.4. The van der Waals surface area contributed by atoms with Gasteiger partial charge >= 0.3 is 0 Å². The van der Waals surface area contributed by atoms with Crippen molar-refractivity contribution in [1.82, 2.24) is 19.9 Å². The van der Waals surface area contributed by atoms with E-state index >= 15 is 0 Å². The average Bonchev–Trinajstić information content (AvgIpc) is 2.69. The summed E-state index contributed by atoms with van der Waals surface area (Å²) in [5.41, 5.74) is 2.70. The number of aromatic nitrogens is 3. The van der Waals surface area contributed by atoms with Crippen LogP contribution in [0.3, 0.4) is 0 Å². The molecule has 0 saturated heterocycles. The smallest absolute Gasteiger partial charge is 0.232 e. The molecule has 8 nitrogen and oxygen atoms in total. The standard InChI is InChI=1S/C20H21FN6O2S/c1-27-8-7-13-10-17(15(21)9-14(13)11-27)25-20-23-12-22-19(26-20)24-16-5-3-4-6-18(16)30(2,28)29/h3-6,9-10,12H,7-8,11H2,1-2H3,(H2,22,23,24,25,26). The first-order chi connectivity index (χ1) is 14.3. The third-order valence-electron chi connectivity index (χ3n) is 4.84. The normalized spacial score (nSPS) is 14.2. The zero-order chi connectivity index (χ0) is 21.3. The second-order valence-corrected chi connectivity index (χ2v) is 9.22. The van der Waals surface area contributed by atoms with Gasteiger partial charge in [-0.15, -0.1) is 0 Å². The molecule has 1 aliphatic heterocycles. The molecule has 4 rings (SSSR count). The quantitative estimate of drug-likeness (QED) is 0.640. The van der Waals surface area contributed by atoms with Gasteiger partial charge in [0, 0.05) is 19.3 Å². The molecular formula is C20H21FN6O2S. The molecule has 2 aromatic carbocycles. The first-order valence-corrected chi connectivity index (χ1v) is 11.2. The van der Waals surface area contributed by atoms with Crippen LogP contribution in [0.1, 0.15) is 11.1 Å². The largest absolute Gasteiger partial charge is 0.323 e. The van der Waals surface area contributed by atoms with Crippen LogP contribution < -0.4 is 10.6 Å². The summed E-state index contributed by atoms with van der Waals surface area (Å²) < 4.78 is 38.5. The van der Waals surface area contributed by atoms with E-state index in [1.165, 1.54) is 18.5 Å². The van der Waals surface area contributed by atoms with Gasteiger partial charge in [0.25, 0.3) is 0 Å². The molecule has 2 heterocycles. The minimum absolute atomic E-state index is 0.130. The first-order valence-electron chi connectivity index (χ1n) is 9.31. The van der Waals surface area contributed by atoms with Crippen molar-refractivity contribution in [1.29, 1.82) is 0 Å². The number of halogens is 1. The fourth-order valence-corrected chi connectivity index (χ4v) is 4.21. The Hall–Kier alpha value is -3.11. The Balaban J connectivity index is 1.58. The van der Waals surface area contributed by atoms with E-state index in [-0.39, 0.29) is 28.3 Å². The second-order valence-electron chi connectivity index (χ2n) is 7.24. The Morgan fingerprint density at radius 1 is 1.03 bits per heavy atom. The third-order valence-corrected chi connectivity index (χ3v) is 6.00. The van der Waals surface area contributed by atoms with E-state index < -0.39 is 9.84 Å². The van der Waals surface area contributed by atoms with Gasteiger partial charge < -0.3 is 15.5 Å². The predicted octanol–water partition coefficient (Wildman–Crippen LogP) is 2.89. The van der Waals surface area contributed by atoms with Crippen molar-refractivity contribution in [2.24, 2.45) is 0 Å². The van der Waals surface area contributed by atoms with Gasteiger partial charge in [0.2, 0.25) is 11.9 Å². The summed E-state index contributed by atoms with van der Waals surface area (Å²) in [6, 6.07) is 9.78. The predicted molar refractivity (Wildman–Crippen MR) is 112 cm³/mol. The highest BCUT2D eigenvalue weighted by atomic mass is 32.2. The number of anilines is 4. The summed E-state index contributed by atoms with van der Waals surface area (Å²) in [5, 5.41) is 5.79. The summed E-state index contributed by atoms with van der Waals surface area (Å²) in [6.45, 7) is 1.63. The average molecular weight is 428 g/mol. The topological polar surface area (TPSA) is 100 Å². The monoisotopic (exact) mass is 428 g/mol. The number of likely N-dealkylation sites (N-methyl/N-ethyl adjacent to an activating group) is 1. The zero-order valence-electron chi connectivity index (χ0n) is 16.6. The lowest BCUT2D eigenvalue weighted by Crippen LogP contribution is -2.26. The molecule has 2 N–H and O–H groups in total. The molecule has 0 bridgehead atoms. The molecule has 0 amide bonds. The molecule has 156 valence electrons. The van der Waals surface area contributed by atoms with Crippen molar-refractivity contribution in [3.8, 4) is 0 Å². The van der Waals surface area contributed by atoms with Crippen LogP contribution in [0.15, 0.2) is 47.6 Å². The molecule has 3 aromatic rings. The number of rotatable bonds is 5. The lowest BCUT2D eigenvalue weighted by Gasteiger charge is -2.25. The highest BCUT2D eigenvalue weighted by molar-refractivity contribution is 7.90. The summed E-state index contributed by atoms with van der Waals surface area (Å²) >= 11 is 0. The lowest BCUT2D eigenvalue weighted by atomic mass is 9.99. The maximum absolute atomic E-state index is 14.6. The molecule has 0 radical (unpaired) electrons. The van der Waals surface area contributed by atoms with Crippen LogP contribution in [0.2, 0.25) is 0 Å². The van der Waals surface area contributed by atoms with Crippen LogP contribution in [-0.2, 0) is 22.8 Å². The van der Waals surface area contributed by atoms with Gasteiger partial charge in [-0.1, -0.05) is 12.1 Å². The molecule has 0 saturated carbocycles. The van der Waals surface area contributed by atoms with E-state index in [0.29, 0.717) is 12.2 Å². The van der Waals surface area contributed by atoms with Gasteiger partial charge in [0.1, 0.15) is 12.1 Å². The van der Waals surface area contributed by atoms with E-state index in [1.54, 1.807) is 24.3 Å². The molecule has 0 unspecified atom stereocenters. The molecule has 0 spiro atoms. The maximum Gasteiger partial charge on any atom is 0.232 e. The molecule has 0 fully saturated rings. The fourth-order valence-electron chi connectivity index (χ4n) is 3.37. The number of para-hydroxylation sites is 1. The van der Waals surface area contributed by atoms with Crippen molar-refractivity contribution >= 4 is 33.1 Å². The third kappa shape index (κ3) is 4.39. The van der Waals surface area contributed by atoms with E-state index in [9.17, 15) is 12.8 Å². The highest BCUT2D eigenvalue weighted by Gasteiger charge is 2.17. The SMILES string of the molecule is CN1CCc2cc(Nc3ncnc(Nc4ccccc4S(C)(=O)=O)n3)c(F)cc2C1. The Morgan fingerprint density at radius 2 is 1.73 bits per heavy atom. The van der Waals surface area contributed by atoms with Crippen LogP contribution in [0, 0.1) is 5.82 Å². The van der Waals surface area contributed by atoms with Crippen molar-refractivity contribution in [3.05, 3.63) is 59.7 Å². The molecular weight excluding hydrogens is 407 g/mol. The minimum atomic E-state index is -3.43. The van der Waals surface area contributed by atoms with Gasteiger partial charge in [-0.25, -0.2) is 22.8 Å². The van der Waals surface area contributed by atoms with Crippen molar-refractivity contribution in [3.63, 3.8) is 0 Å². The van der Waals surface area contributed by atoms with Gasteiger partial charge in [-0.2, -0.15) is 4.98 Å². The second kappa shape index (κ2) is 7.96.